The number of aromatic nitrogens is 1. The number of ketones is 1. The molecule has 0 saturated heterocycles. The number of carbonyl (C=O) groups excluding carboxylic acids is 1. The summed E-state index contributed by atoms with van der Waals surface area (Å²) in [6, 6.07) is 8.98. The molecule has 0 spiro atoms. The number of rotatable bonds is 4. The van der Waals surface area contributed by atoms with Crippen LogP contribution in [-0.2, 0) is 6.54 Å². The summed E-state index contributed by atoms with van der Waals surface area (Å²) in [6.45, 7) is 2.15. The number of Topliss-reactive ketones (excluding diaryl/α,β-unsaturated/α-hetero) is 1. The molecule has 0 atom stereocenters. The number of carbonyl (C=O) groups is 1. The molecule has 0 aliphatic heterocycles. The SMILES string of the molecule is CC(=O)c1ccc(N(C)Cc2ccncc2)cc1O. The maximum absolute atomic E-state index is 11.3. The number of anilines is 1. The lowest BCUT2D eigenvalue weighted by atomic mass is 10.1. The second-order valence-electron chi connectivity index (χ2n) is 4.47. The Labute approximate surface area is 112 Å². The number of hydrogen-bond acceptors (Lipinski definition) is 4. The predicted octanol–water partition coefficient (Wildman–Crippen LogP) is 2.63. The smallest absolute Gasteiger partial charge is 0.163 e. The van der Waals surface area contributed by atoms with Crippen molar-refractivity contribution in [2.75, 3.05) is 11.9 Å². The van der Waals surface area contributed by atoms with Gasteiger partial charge in [-0.05, 0) is 36.8 Å². The first kappa shape index (κ1) is 13.1. The van der Waals surface area contributed by atoms with E-state index < -0.39 is 0 Å². The highest BCUT2D eigenvalue weighted by atomic mass is 16.3. The molecule has 0 aliphatic carbocycles. The van der Waals surface area contributed by atoms with Crippen LogP contribution in [0.3, 0.4) is 0 Å². The van der Waals surface area contributed by atoms with Gasteiger partial charge in [-0.15, -0.1) is 0 Å². The molecule has 0 saturated carbocycles. The molecule has 1 aromatic carbocycles. The van der Waals surface area contributed by atoms with Crippen molar-refractivity contribution in [1.29, 1.82) is 0 Å². The summed E-state index contributed by atoms with van der Waals surface area (Å²) in [7, 11) is 1.93. The molecular weight excluding hydrogens is 240 g/mol. The Morgan fingerprint density at radius 2 is 1.95 bits per heavy atom. The van der Waals surface area contributed by atoms with E-state index in [0.717, 1.165) is 11.3 Å². The van der Waals surface area contributed by atoms with Gasteiger partial charge in [-0.2, -0.15) is 0 Å². The summed E-state index contributed by atoms with van der Waals surface area (Å²) in [5, 5.41) is 9.82. The minimum absolute atomic E-state index is 0.0200. The van der Waals surface area contributed by atoms with Gasteiger partial charge in [0.25, 0.3) is 0 Å². The maximum Gasteiger partial charge on any atom is 0.163 e. The van der Waals surface area contributed by atoms with E-state index >= 15 is 0 Å². The maximum atomic E-state index is 11.3. The zero-order valence-corrected chi connectivity index (χ0v) is 11.0. The quantitative estimate of drug-likeness (QED) is 0.854. The Bertz CT molecular complexity index is 582. The van der Waals surface area contributed by atoms with E-state index in [2.05, 4.69) is 4.98 Å². The Hall–Kier alpha value is -2.36. The molecule has 98 valence electrons. The number of phenols is 1. The van der Waals surface area contributed by atoms with Gasteiger partial charge in [-0.1, -0.05) is 0 Å². The first-order valence-electron chi connectivity index (χ1n) is 6.02. The van der Waals surface area contributed by atoms with Gasteiger partial charge in [-0.25, -0.2) is 0 Å². The lowest BCUT2D eigenvalue weighted by molar-refractivity contribution is 0.101. The van der Waals surface area contributed by atoms with Crippen LogP contribution in [0.25, 0.3) is 0 Å². The molecule has 0 bridgehead atoms. The first-order chi connectivity index (χ1) is 9.08. The molecule has 0 amide bonds. The summed E-state index contributed by atoms with van der Waals surface area (Å²) in [5.74, 6) is -0.118. The van der Waals surface area contributed by atoms with Gasteiger partial charge in [0.2, 0.25) is 0 Å². The van der Waals surface area contributed by atoms with Crippen LogP contribution >= 0.6 is 0 Å². The van der Waals surface area contributed by atoms with Crippen LogP contribution < -0.4 is 4.90 Å². The summed E-state index contributed by atoms with van der Waals surface area (Å²) < 4.78 is 0. The van der Waals surface area contributed by atoms with Crippen molar-refractivity contribution in [1.82, 2.24) is 4.98 Å². The van der Waals surface area contributed by atoms with Gasteiger partial charge < -0.3 is 10.0 Å². The van der Waals surface area contributed by atoms with Crippen LogP contribution in [-0.4, -0.2) is 22.9 Å². The van der Waals surface area contributed by atoms with E-state index in [4.69, 9.17) is 0 Å². The van der Waals surface area contributed by atoms with Crippen LogP contribution in [0.2, 0.25) is 0 Å². The van der Waals surface area contributed by atoms with Crippen molar-refractivity contribution < 1.29 is 9.90 Å². The fraction of sp³-hybridized carbons (Fsp3) is 0.200. The second kappa shape index (κ2) is 5.52. The molecule has 1 heterocycles. The summed E-state index contributed by atoms with van der Waals surface area (Å²) in [6.07, 6.45) is 3.50. The van der Waals surface area contributed by atoms with Crippen LogP contribution in [0.1, 0.15) is 22.8 Å². The number of pyridine rings is 1. The highest BCUT2D eigenvalue weighted by Gasteiger charge is 2.09. The van der Waals surface area contributed by atoms with Crippen LogP contribution in [0.4, 0.5) is 5.69 Å². The molecule has 2 aromatic rings. The minimum atomic E-state index is -0.138. The molecule has 4 heteroatoms. The van der Waals surface area contributed by atoms with Crippen molar-refractivity contribution in [3.05, 3.63) is 53.9 Å². The molecule has 1 N–H and O–H groups in total. The lowest BCUT2D eigenvalue weighted by Crippen LogP contribution is -2.16. The minimum Gasteiger partial charge on any atom is -0.507 e. The second-order valence-corrected chi connectivity index (χ2v) is 4.47. The van der Waals surface area contributed by atoms with Gasteiger partial charge in [0.1, 0.15) is 5.75 Å². The van der Waals surface area contributed by atoms with Crippen molar-refractivity contribution in [3.8, 4) is 5.75 Å². The molecule has 1 aromatic heterocycles. The monoisotopic (exact) mass is 256 g/mol. The standard InChI is InChI=1S/C15H16N2O2/c1-11(18)14-4-3-13(9-15(14)19)17(2)10-12-5-7-16-8-6-12/h3-9,19H,10H2,1-2H3. The molecule has 0 unspecified atom stereocenters. The molecule has 0 aliphatic rings. The number of benzene rings is 1. The van der Waals surface area contributed by atoms with Gasteiger partial charge in [0, 0.05) is 37.7 Å². The Morgan fingerprint density at radius 3 is 2.53 bits per heavy atom. The van der Waals surface area contributed by atoms with Gasteiger partial charge in [-0.3, -0.25) is 9.78 Å². The topological polar surface area (TPSA) is 53.4 Å². The van der Waals surface area contributed by atoms with Crippen LogP contribution in [0, 0.1) is 0 Å². The van der Waals surface area contributed by atoms with Gasteiger partial charge >= 0.3 is 0 Å². The fourth-order valence-corrected chi connectivity index (χ4v) is 1.91. The first-order valence-corrected chi connectivity index (χ1v) is 6.02. The molecular formula is C15H16N2O2. The fourth-order valence-electron chi connectivity index (χ4n) is 1.91. The van der Waals surface area contributed by atoms with Crippen LogP contribution in [0.5, 0.6) is 5.75 Å². The average Bonchev–Trinajstić information content (AvgIpc) is 2.39. The van der Waals surface area contributed by atoms with Crippen molar-refractivity contribution in [2.45, 2.75) is 13.5 Å². The molecule has 4 nitrogen and oxygen atoms in total. The summed E-state index contributed by atoms with van der Waals surface area (Å²) in [4.78, 5) is 17.2. The highest BCUT2D eigenvalue weighted by Crippen LogP contribution is 2.25. The molecule has 19 heavy (non-hydrogen) atoms. The van der Waals surface area contributed by atoms with Gasteiger partial charge in [0.05, 0.1) is 5.56 Å². The van der Waals surface area contributed by atoms with E-state index in [-0.39, 0.29) is 11.5 Å². The van der Waals surface area contributed by atoms with E-state index in [1.165, 1.54) is 6.92 Å². The van der Waals surface area contributed by atoms with Crippen molar-refractivity contribution >= 4 is 11.5 Å². The Balaban J connectivity index is 2.18. The third-order valence-corrected chi connectivity index (χ3v) is 2.97. The molecule has 0 fully saturated rings. The van der Waals surface area contributed by atoms with Crippen molar-refractivity contribution in [3.63, 3.8) is 0 Å². The molecule has 2 rings (SSSR count). The average molecular weight is 256 g/mol. The molecule has 0 radical (unpaired) electrons. The Morgan fingerprint density at radius 1 is 1.26 bits per heavy atom. The summed E-state index contributed by atoms with van der Waals surface area (Å²) in [5.41, 5.74) is 2.34. The zero-order valence-electron chi connectivity index (χ0n) is 11.0. The number of phenolic OH excluding ortho intramolecular Hbond substituents is 1. The largest absolute Gasteiger partial charge is 0.507 e. The summed E-state index contributed by atoms with van der Waals surface area (Å²) >= 11 is 0. The van der Waals surface area contributed by atoms with E-state index in [9.17, 15) is 9.90 Å². The normalized spacial score (nSPS) is 10.2. The number of aromatic hydroxyl groups is 1. The van der Waals surface area contributed by atoms with E-state index in [1.54, 1.807) is 24.5 Å². The third kappa shape index (κ3) is 3.10. The predicted molar refractivity (Wildman–Crippen MR) is 74.5 cm³/mol. The number of hydrogen-bond donors (Lipinski definition) is 1. The zero-order chi connectivity index (χ0) is 13.8. The lowest BCUT2D eigenvalue weighted by Gasteiger charge is -2.20. The van der Waals surface area contributed by atoms with E-state index in [0.29, 0.717) is 12.1 Å². The Kier molecular flexibility index (Phi) is 3.80. The van der Waals surface area contributed by atoms with Crippen LogP contribution in [0.15, 0.2) is 42.7 Å². The number of nitrogens with zero attached hydrogens (tertiary/aromatic N) is 2. The third-order valence-electron chi connectivity index (χ3n) is 2.97. The van der Waals surface area contributed by atoms with E-state index in [1.807, 2.05) is 30.1 Å². The highest BCUT2D eigenvalue weighted by molar-refractivity contribution is 5.97. The van der Waals surface area contributed by atoms with Gasteiger partial charge in [0.15, 0.2) is 5.78 Å². The van der Waals surface area contributed by atoms with Crippen molar-refractivity contribution in [2.24, 2.45) is 0 Å².